The molecule has 4 heterocycles. The summed E-state index contributed by atoms with van der Waals surface area (Å²) in [5.74, 6) is -0.996. The van der Waals surface area contributed by atoms with E-state index in [1.807, 2.05) is 13.8 Å². The molecule has 0 radical (unpaired) electrons. The molecule has 0 aromatic heterocycles. The molecule has 1 unspecified atom stereocenters. The molecule has 4 aliphatic heterocycles. The van der Waals surface area contributed by atoms with Gasteiger partial charge in [-0.1, -0.05) is 13.8 Å². The van der Waals surface area contributed by atoms with Gasteiger partial charge < -0.3 is 24.1 Å². The van der Waals surface area contributed by atoms with Crippen LogP contribution in [0.3, 0.4) is 0 Å². The Labute approximate surface area is 150 Å². The second-order valence-electron chi connectivity index (χ2n) is 9.25. The lowest BCUT2D eigenvalue weighted by molar-refractivity contribution is -0.155. The minimum Gasteiger partial charge on any atom is -0.459 e. The molecule has 140 valence electrons. The number of rotatable bonds is 2. The zero-order chi connectivity index (χ0) is 18.2. The fourth-order valence-corrected chi connectivity index (χ4v) is 6.80. The summed E-state index contributed by atoms with van der Waals surface area (Å²) in [6, 6.07) is 0. The van der Waals surface area contributed by atoms with E-state index in [9.17, 15) is 14.7 Å². The second-order valence-corrected chi connectivity index (χ2v) is 9.25. The van der Waals surface area contributed by atoms with Crippen LogP contribution in [0.5, 0.6) is 0 Å². The third-order valence-corrected chi connectivity index (χ3v) is 7.90. The number of epoxide rings is 2. The number of hydrogen-bond donors (Lipinski definition) is 1. The van der Waals surface area contributed by atoms with E-state index >= 15 is 0 Å². The largest absolute Gasteiger partial charge is 0.459 e. The van der Waals surface area contributed by atoms with Crippen molar-refractivity contribution in [3.05, 3.63) is 11.6 Å². The maximum Gasteiger partial charge on any atom is 0.331 e. The van der Waals surface area contributed by atoms with Crippen LogP contribution in [0.1, 0.15) is 27.2 Å². The van der Waals surface area contributed by atoms with E-state index in [0.717, 1.165) is 12.0 Å². The van der Waals surface area contributed by atoms with E-state index in [2.05, 4.69) is 6.92 Å². The Morgan fingerprint density at radius 2 is 2.04 bits per heavy atom. The predicted octanol–water partition coefficient (Wildman–Crippen LogP) is 0.343. The van der Waals surface area contributed by atoms with Crippen LogP contribution in [0, 0.1) is 22.7 Å². The van der Waals surface area contributed by atoms with Crippen LogP contribution in [-0.2, 0) is 28.5 Å². The summed E-state index contributed by atoms with van der Waals surface area (Å²) in [6.07, 6.45) is 0.918. The molecule has 0 amide bonds. The Balaban J connectivity index is 1.56. The first-order chi connectivity index (χ1) is 12.3. The van der Waals surface area contributed by atoms with E-state index in [1.165, 1.54) is 0 Å². The Bertz CT molecular complexity index is 791. The summed E-state index contributed by atoms with van der Waals surface area (Å²) in [5, 5.41) is 9.68. The number of carbonyl (C=O) groups is 2. The van der Waals surface area contributed by atoms with Gasteiger partial charge in [0, 0.05) is 29.9 Å². The molecule has 6 aliphatic rings. The number of hydrogen-bond acceptors (Lipinski definition) is 7. The molecule has 10 atom stereocenters. The van der Waals surface area contributed by atoms with Crippen LogP contribution >= 0.6 is 0 Å². The molecule has 1 spiro atoms. The molecule has 0 aromatic rings. The van der Waals surface area contributed by atoms with E-state index < -0.39 is 28.5 Å². The topological polar surface area (TPSA) is 97.9 Å². The van der Waals surface area contributed by atoms with Crippen LogP contribution in [0.15, 0.2) is 11.6 Å². The van der Waals surface area contributed by atoms with Crippen molar-refractivity contribution in [3.63, 3.8) is 0 Å². The minimum absolute atomic E-state index is 0.00691. The first-order valence-corrected chi connectivity index (χ1v) is 9.37. The molecule has 26 heavy (non-hydrogen) atoms. The number of ether oxygens (including phenoxy) is 4. The minimum atomic E-state index is -0.792. The fraction of sp³-hybridized carbons (Fsp3) is 0.789. The highest BCUT2D eigenvalue weighted by atomic mass is 16.7. The summed E-state index contributed by atoms with van der Waals surface area (Å²) >= 11 is 0. The number of carbonyl (C=O) groups excluding carboxylic acids is 2. The smallest absolute Gasteiger partial charge is 0.331 e. The van der Waals surface area contributed by atoms with Crippen LogP contribution in [0.4, 0.5) is 0 Å². The van der Waals surface area contributed by atoms with Crippen LogP contribution in [0.25, 0.3) is 0 Å². The lowest BCUT2D eigenvalue weighted by Gasteiger charge is -2.53. The maximum absolute atomic E-state index is 12.8. The highest BCUT2D eigenvalue weighted by Crippen LogP contribution is 2.75. The molecule has 1 N–H and O–H groups in total. The quantitative estimate of drug-likeness (QED) is 0.559. The maximum atomic E-state index is 12.8. The molecule has 2 aliphatic carbocycles. The van der Waals surface area contributed by atoms with Gasteiger partial charge in [0.15, 0.2) is 5.60 Å². The molecule has 7 nitrogen and oxygen atoms in total. The van der Waals surface area contributed by atoms with Crippen LogP contribution in [-0.4, -0.2) is 59.8 Å². The van der Waals surface area contributed by atoms with Crippen molar-refractivity contribution in [1.82, 2.24) is 0 Å². The van der Waals surface area contributed by atoms with Gasteiger partial charge >= 0.3 is 11.9 Å². The zero-order valence-electron chi connectivity index (χ0n) is 14.9. The first-order valence-electron chi connectivity index (χ1n) is 9.37. The highest BCUT2D eigenvalue weighted by molar-refractivity contribution is 5.87. The SMILES string of the molecule is CC(CO)[C@H]1OC(=O)C=C2[C@@]13O[C@@H]3[C@H]1OC(=O)[C@@]3(C)[C@@H]4O[C@@H]4C[C@@]2(C)[C@@H]13. The number of esters is 2. The lowest BCUT2D eigenvalue weighted by Crippen LogP contribution is -2.62. The Hall–Kier alpha value is -1.44. The summed E-state index contributed by atoms with van der Waals surface area (Å²) in [7, 11) is 0. The molecular formula is C19H22O7. The summed E-state index contributed by atoms with van der Waals surface area (Å²) in [6.45, 7) is 5.77. The monoisotopic (exact) mass is 362 g/mol. The number of fused-ring (bicyclic) bond motifs is 4. The second kappa shape index (κ2) is 4.18. The van der Waals surface area contributed by atoms with E-state index in [-0.39, 0.29) is 48.8 Å². The molecule has 0 aromatic carbocycles. The van der Waals surface area contributed by atoms with Crippen LogP contribution in [0.2, 0.25) is 0 Å². The highest BCUT2D eigenvalue weighted by Gasteiger charge is 2.86. The third kappa shape index (κ3) is 1.40. The Kier molecular flexibility index (Phi) is 2.51. The fourth-order valence-electron chi connectivity index (χ4n) is 6.80. The molecule has 7 heteroatoms. The summed E-state index contributed by atoms with van der Waals surface area (Å²) in [4.78, 5) is 25.2. The first kappa shape index (κ1) is 15.6. The molecule has 3 saturated heterocycles. The van der Waals surface area contributed by atoms with E-state index in [0.29, 0.717) is 0 Å². The van der Waals surface area contributed by atoms with Crippen molar-refractivity contribution < 1.29 is 33.6 Å². The number of cyclic esters (lactones) is 1. The van der Waals surface area contributed by atoms with Crippen molar-refractivity contribution in [3.8, 4) is 0 Å². The normalized spacial score (nSPS) is 59.0. The standard InChI is InChI=1S/C19H22O7/c1-7(6-20)13-19-9(4-10(21)24-13)17(2)5-8-14(23-8)18(3)12(17)11(15(19)26-19)25-16(18)22/h4,7-8,11-15,20H,5-6H2,1-3H3/t7?,8-,11+,12-,13-,14-,15-,17-,18-,19-/m1/s1. The van der Waals surface area contributed by atoms with Gasteiger partial charge in [-0.15, -0.1) is 0 Å². The zero-order valence-corrected chi connectivity index (χ0v) is 14.9. The van der Waals surface area contributed by atoms with Gasteiger partial charge in [0.2, 0.25) is 0 Å². The summed E-state index contributed by atoms with van der Waals surface area (Å²) < 4.78 is 23.5. The van der Waals surface area contributed by atoms with Gasteiger partial charge in [0.25, 0.3) is 0 Å². The van der Waals surface area contributed by atoms with Gasteiger partial charge in [0.05, 0.1) is 6.10 Å². The number of aliphatic hydroxyl groups excluding tert-OH is 1. The predicted molar refractivity (Wildman–Crippen MR) is 84.7 cm³/mol. The average Bonchev–Trinajstić information content (AvgIpc) is 3.48. The average molecular weight is 362 g/mol. The summed E-state index contributed by atoms with van der Waals surface area (Å²) in [5.41, 5.74) is -1.04. The lowest BCUT2D eigenvalue weighted by atomic mass is 9.47. The van der Waals surface area contributed by atoms with Gasteiger partial charge in [-0.2, -0.15) is 0 Å². The van der Waals surface area contributed by atoms with Crippen molar-refractivity contribution in [1.29, 1.82) is 0 Å². The van der Waals surface area contributed by atoms with Crippen LogP contribution < -0.4 is 0 Å². The van der Waals surface area contributed by atoms with Gasteiger partial charge in [-0.05, 0) is 18.9 Å². The molecular weight excluding hydrogens is 340 g/mol. The molecule has 2 saturated carbocycles. The molecule has 5 fully saturated rings. The Morgan fingerprint density at radius 1 is 1.27 bits per heavy atom. The van der Waals surface area contributed by atoms with Crippen molar-refractivity contribution in [2.45, 2.75) is 63.3 Å². The molecule has 6 rings (SSSR count). The van der Waals surface area contributed by atoms with Crippen molar-refractivity contribution >= 4 is 11.9 Å². The Morgan fingerprint density at radius 3 is 2.77 bits per heavy atom. The third-order valence-electron chi connectivity index (χ3n) is 7.90. The number of aliphatic hydroxyl groups is 1. The van der Waals surface area contributed by atoms with E-state index in [1.54, 1.807) is 6.08 Å². The van der Waals surface area contributed by atoms with Crippen molar-refractivity contribution in [2.24, 2.45) is 22.7 Å². The van der Waals surface area contributed by atoms with Gasteiger partial charge in [-0.3, -0.25) is 4.79 Å². The van der Waals surface area contributed by atoms with Gasteiger partial charge in [0.1, 0.15) is 29.8 Å². The van der Waals surface area contributed by atoms with E-state index in [4.69, 9.17) is 18.9 Å². The van der Waals surface area contributed by atoms with Gasteiger partial charge in [-0.25, -0.2) is 4.79 Å². The van der Waals surface area contributed by atoms with Crippen molar-refractivity contribution in [2.75, 3.05) is 6.61 Å². The molecule has 0 bridgehead atoms.